The van der Waals surface area contributed by atoms with E-state index in [0.717, 1.165) is 11.1 Å². The molecule has 0 heterocycles. The van der Waals surface area contributed by atoms with E-state index in [1.165, 1.54) is 0 Å². The van der Waals surface area contributed by atoms with Crippen LogP contribution in [0.15, 0.2) is 23.8 Å². The highest BCUT2D eigenvalue weighted by atomic mass is 16.3. The third-order valence-corrected chi connectivity index (χ3v) is 2.15. The first-order valence-corrected chi connectivity index (χ1v) is 4.48. The van der Waals surface area contributed by atoms with Crippen molar-refractivity contribution in [2.24, 2.45) is 0 Å². The monoisotopic (exact) mass is 180 g/mol. The Morgan fingerprint density at radius 1 is 1.69 bits per heavy atom. The third kappa shape index (κ3) is 2.81. The Hall–Kier alpha value is -0.890. The maximum absolute atomic E-state index is 11.2. The van der Waals surface area contributed by atoms with E-state index in [-0.39, 0.29) is 12.2 Å². The first-order valence-electron chi connectivity index (χ1n) is 4.48. The fourth-order valence-electron chi connectivity index (χ4n) is 1.97. The summed E-state index contributed by atoms with van der Waals surface area (Å²) in [5.74, 6) is 0.0208. The number of aliphatic hydroxyl groups is 1. The van der Waals surface area contributed by atoms with Crippen molar-refractivity contribution in [2.45, 2.75) is 38.7 Å². The molecule has 1 aliphatic rings. The average molecular weight is 180 g/mol. The zero-order valence-corrected chi connectivity index (χ0v) is 8.26. The zero-order valence-electron chi connectivity index (χ0n) is 8.26. The molecule has 0 saturated heterocycles. The van der Waals surface area contributed by atoms with Gasteiger partial charge in [-0.3, -0.25) is 4.79 Å². The molecule has 13 heavy (non-hydrogen) atoms. The van der Waals surface area contributed by atoms with E-state index in [2.05, 4.69) is 6.58 Å². The molecule has 1 aliphatic carbocycles. The summed E-state index contributed by atoms with van der Waals surface area (Å²) in [7, 11) is 0. The smallest absolute Gasteiger partial charge is 0.158 e. The van der Waals surface area contributed by atoms with Gasteiger partial charge in [-0.05, 0) is 32.8 Å². The van der Waals surface area contributed by atoms with Crippen LogP contribution in [0.1, 0.15) is 33.1 Å². The predicted molar refractivity (Wildman–Crippen MR) is 52.4 cm³/mol. The molecule has 0 spiro atoms. The van der Waals surface area contributed by atoms with Crippen LogP contribution >= 0.6 is 0 Å². The highest BCUT2D eigenvalue weighted by Gasteiger charge is 2.32. The number of carbonyl (C=O) groups excluding carboxylic acids is 1. The minimum atomic E-state index is -0.873. The molecule has 1 atom stereocenters. The first-order chi connectivity index (χ1) is 5.91. The first kappa shape index (κ1) is 10.2. The lowest BCUT2D eigenvalue weighted by Crippen LogP contribution is -2.34. The molecule has 0 aromatic heterocycles. The van der Waals surface area contributed by atoms with Crippen molar-refractivity contribution in [1.29, 1.82) is 0 Å². The number of allylic oxidation sites excluding steroid dienone is 1. The molecule has 0 aromatic rings. The standard InChI is InChI=1S/C11H16O2/c1-8(2)5-11(13)6-9(3)4-10(12)7-11/h4,13H,1,5-7H2,2-3H3. The van der Waals surface area contributed by atoms with Crippen LogP contribution in [0, 0.1) is 0 Å². The van der Waals surface area contributed by atoms with Gasteiger partial charge in [0, 0.05) is 6.42 Å². The second-order valence-corrected chi connectivity index (χ2v) is 4.17. The fraction of sp³-hybridized carbons (Fsp3) is 0.545. The molecule has 0 saturated carbocycles. The van der Waals surface area contributed by atoms with Gasteiger partial charge in [-0.2, -0.15) is 0 Å². The van der Waals surface area contributed by atoms with E-state index < -0.39 is 5.60 Å². The van der Waals surface area contributed by atoms with Crippen molar-refractivity contribution >= 4 is 5.78 Å². The molecule has 0 bridgehead atoms. The molecule has 1 rings (SSSR count). The molecule has 0 aromatic carbocycles. The van der Waals surface area contributed by atoms with E-state index in [0.29, 0.717) is 12.8 Å². The van der Waals surface area contributed by atoms with Gasteiger partial charge < -0.3 is 5.11 Å². The van der Waals surface area contributed by atoms with E-state index in [1.54, 1.807) is 6.08 Å². The summed E-state index contributed by atoms with van der Waals surface area (Å²) in [5, 5.41) is 10.1. The van der Waals surface area contributed by atoms with E-state index in [4.69, 9.17) is 0 Å². The molecular weight excluding hydrogens is 164 g/mol. The Kier molecular flexibility index (Phi) is 2.71. The number of hydrogen-bond acceptors (Lipinski definition) is 2. The predicted octanol–water partition coefficient (Wildman–Crippen LogP) is 1.99. The Bertz CT molecular complexity index is 276. The van der Waals surface area contributed by atoms with Gasteiger partial charge in [0.25, 0.3) is 0 Å². The quantitative estimate of drug-likeness (QED) is 0.660. The second-order valence-electron chi connectivity index (χ2n) is 4.17. The van der Waals surface area contributed by atoms with Gasteiger partial charge in [-0.15, -0.1) is 6.58 Å². The van der Waals surface area contributed by atoms with Crippen molar-refractivity contribution in [3.63, 3.8) is 0 Å². The average Bonchev–Trinajstić information content (AvgIpc) is 1.77. The molecule has 0 amide bonds. The summed E-state index contributed by atoms with van der Waals surface area (Å²) in [5.41, 5.74) is 1.01. The molecular formula is C11H16O2. The van der Waals surface area contributed by atoms with Gasteiger partial charge in [0.1, 0.15) is 0 Å². The van der Waals surface area contributed by atoms with Crippen LogP contribution in [0.3, 0.4) is 0 Å². The van der Waals surface area contributed by atoms with E-state index >= 15 is 0 Å². The number of rotatable bonds is 2. The normalized spacial score (nSPS) is 28.5. The highest BCUT2D eigenvalue weighted by Crippen LogP contribution is 2.31. The maximum atomic E-state index is 11.2. The summed E-state index contributed by atoms with van der Waals surface area (Å²) in [6.45, 7) is 7.50. The SMILES string of the molecule is C=C(C)CC1(O)CC(=O)C=C(C)C1. The second kappa shape index (κ2) is 3.46. The topological polar surface area (TPSA) is 37.3 Å². The molecule has 2 nitrogen and oxygen atoms in total. The fourth-order valence-corrected chi connectivity index (χ4v) is 1.97. The van der Waals surface area contributed by atoms with Crippen molar-refractivity contribution in [1.82, 2.24) is 0 Å². The molecule has 2 heteroatoms. The van der Waals surface area contributed by atoms with E-state index in [9.17, 15) is 9.90 Å². The minimum Gasteiger partial charge on any atom is -0.389 e. The Balaban J connectivity index is 2.77. The minimum absolute atomic E-state index is 0.0208. The molecule has 0 fully saturated rings. The molecule has 0 radical (unpaired) electrons. The summed E-state index contributed by atoms with van der Waals surface area (Å²) in [4.78, 5) is 11.2. The lowest BCUT2D eigenvalue weighted by molar-refractivity contribution is -0.120. The Morgan fingerprint density at radius 2 is 2.31 bits per heavy atom. The molecule has 0 aliphatic heterocycles. The number of carbonyl (C=O) groups is 1. The van der Waals surface area contributed by atoms with Crippen molar-refractivity contribution in [3.05, 3.63) is 23.8 Å². The third-order valence-electron chi connectivity index (χ3n) is 2.15. The number of hydrogen-bond donors (Lipinski definition) is 1. The zero-order chi connectivity index (χ0) is 10.1. The maximum Gasteiger partial charge on any atom is 0.158 e. The van der Waals surface area contributed by atoms with Crippen LogP contribution in [0.25, 0.3) is 0 Å². The lowest BCUT2D eigenvalue weighted by atomic mass is 9.80. The van der Waals surface area contributed by atoms with Crippen LogP contribution in [0.2, 0.25) is 0 Å². The lowest BCUT2D eigenvalue weighted by Gasteiger charge is -2.30. The summed E-state index contributed by atoms with van der Waals surface area (Å²) in [6.07, 6.45) is 2.96. The van der Waals surface area contributed by atoms with Gasteiger partial charge in [0.15, 0.2) is 5.78 Å². The summed E-state index contributed by atoms with van der Waals surface area (Å²) >= 11 is 0. The number of ketones is 1. The summed E-state index contributed by atoms with van der Waals surface area (Å²) < 4.78 is 0. The van der Waals surface area contributed by atoms with Crippen LogP contribution < -0.4 is 0 Å². The highest BCUT2D eigenvalue weighted by molar-refractivity contribution is 5.92. The van der Waals surface area contributed by atoms with Crippen molar-refractivity contribution in [2.75, 3.05) is 0 Å². The summed E-state index contributed by atoms with van der Waals surface area (Å²) in [6, 6.07) is 0. The van der Waals surface area contributed by atoms with Gasteiger partial charge >= 0.3 is 0 Å². The van der Waals surface area contributed by atoms with Crippen LogP contribution in [0.4, 0.5) is 0 Å². The van der Waals surface area contributed by atoms with Crippen LogP contribution in [-0.4, -0.2) is 16.5 Å². The van der Waals surface area contributed by atoms with Gasteiger partial charge in [0.05, 0.1) is 5.60 Å². The largest absolute Gasteiger partial charge is 0.389 e. The van der Waals surface area contributed by atoms with Gasteiger partial charge in [-0.25, -0.2) is 0 Å². The molecule has 72 valence electrons. The molecule has 1 N–H and O–H groups in total. The Morgan fingerprint density at radius 3 is 2.77 bits per heavy atom. The van der Waals surface area contributed by atoms with Gasteiger partial charge in [0.2, 0.25) is 0 Å². The van der Waals surface area contributed by atoms with Crippen LogP contribution in [-0.2, 0) is 4.79 Å². The Labute approximate surface area is 79.0 Å². The van der Waals surface area contributed by atoms with Crippen molar-refractivity contribution in [3.8, 4) is 0 Å². The van der Waals surface area contributed by atoms with Gasteiger partial charge in [-0.1, -0.05) is 11.1 Å². The van der Waals surface area contributed by atoms with Crippen LogP contribution in [0.5, 0.6) is 0 Å². The van der Waals surface area contributed by atoms with Crippen molar-refractivity contribution < 1.29 is 9.90 Å². The molecule has 1 unspecified atom stereocenters. The van der Waals surface area contributed by atoms with E-state index in [1.807, 2.05) is 13.8 Å².